The van der Waals surface area contributed by atoms with Gasteiger partial charge in [0.1, 0.15) is 11.6 Å². The number of rotatable bonds is 8. The zero-order valence-electron chi connectivity index (χ0n) is 15.9. The summed E-state index contributed by atoms with van der Waals surface area (Å²) in [5.74, 6) is -0.192. The second-order valence-electron chi connectivity index (χ2n) is 7.18. The number of benzene rings is 1. The van der Waals surface area contributed by atoms with E-state index in [1.165, 1.54) is 11.3 Å². The Morgan fingerprint density at radius 3 is 2.89 bits per heavy atom. The van der Waals surface area contributed by atoms with Gasteiger partial charge in [-0.05, 0) is 18.4 Å². The first-order chi connectivity index (χ1) is 13.5. The highest BCUT2D eigenvalue weighted by Crippen LogP contribution is 2.33. The van der Waals surface area contributed by atoms with E-state index < -0.39 is 11.5 Å². The number of methoxy groups -OCH3 is 1. The summed E-state index contributed by atoms with van der Waals surface area (Å²) in [5.41, 5.74) is 0.371. The molecule has 1 fully saturated rings. The topological polar surface area (TPSA) is 108 Å². The van der Waals surface area contributed by atoms with Gasteiger partial charge >= 0.3 is 0 Å². The number of nitrogens with zero attached hydrogens (tertiary/aromatic N) is 3. The number of piperidine rings is 1. The molecule has 1 unspecified atom stereocenters. The highest BCUT2D eigenvalue weighted by molar-refractivity contribution is 7.15. The van der Waals surface area contributed by atoms with E-state index in [9.17, 15) is 15.0 Å². The molecular formula is C19H26N4O4S. The van der Waals surface area contributed by atoms with Gasteiger partial charge in [-0.1, -0.05) is 41.7 Å². The van der Waals surface area contributed by atoms with E-state index in [0.29, 0.717) is 42.7 Å². The average Bonchev–Trinajstić information content (AvgIpc) is 3.12. The Morgan fingerprint density at radius 1 is 1.39 bits per heavy atom. The molecule has 1 aliphatic rings. The monoisotopic (exact) mass is 406 g/mol. The summed E-state index contributed by atoms with van der Waals surface area (Å²) in [6.07, 6.45) is 0.453. The number of anilines is 1. The Kier molecular flexibility index (Phi) is 7.08. The van der Waals surface area contributed by atoms with Crippen LogP contribution >= 0.6 is 11.3 Å². The minimum atomic E-state index is -0.686. The third kappa shape index (κ3) is 5.12. The number of carbonyl (C=O) groups is 1. The highest BCUT2D eigenvalue weighted by atomic mass is 32.1. The van der Waals surface area contributed by atoms with E-state index in [1.807, 2.05) is 35.2 Å². The maximum atomic E-state index is 12.4. The van der Waals surface area contributed by atoms with Crippen LogP contribution in [0.3, 0.4) is 0 Å². The number of nitrogens with one attached hydrogen (secondary N) is 1. The minimum absolute atomic E-state index is 0.141. The van der Waals surface area contributed by atoms with Gasteiger partial charge in [0, 0.05) is 25.6 Å². The molecular weight excluding hydrogens is 380 g/mol. The normalized spacial score (nSPS) is 22.9. The van der Waals surface area contributed by atoms with Crippen LogP contribution in [0.5, 0.6) is 0 Å². The van der Waals surface area contributed by atoms with Crippen molar-refractivity contribution < 1.29 is 19.7 Å². The van der Waals surface area contributed by atoms with E-state index in [1.54, 1.807) is 7.11 Å². The van der Waals surface area contributed by atoms with E-state index in [2.05, 4.69) is 15.5 Å². The molecule has 8 nitrogen and oxygen atoms in total. The fourth-order valence-electron chi connectivity index (χ4n) is 3.61. The van der Waals surface area contributed by atoms with E-state index in [4.69, 9.17) is 4.74 Å². The van der Waals surface area contributed by atoms with Gasteiger partial charge in [0.05, 0.1) is 19.3 Å². The fourth-order valence-corrected chi connectivity index (χ4v) is 4.34. The molecule has 0 bridgehead atoms. The van der Waals surface area contributed by atoms with Crippen molar-refractivity contribution >= 4 is 22.4 Å². The van der Waals surface area contributed by atoms with Crippen molar-refractivity contribution in [1.82, 2.24) is 15.1 Å². The molecule has 152 valence electrons. The Hall–Kier alpha value is -1.91. The largest absolute Gasteiger partial charge is 0.396 e. The summed E-state index contributed by atoms with van der Waals surface area (Å²) < 4.78 is 5.00. The number of aliphatic hydroxyl groups excluding tert-OH is 2. The molecule has 0 aliphatic carbocycles. The molecule has 3 N–H and O–H groups in total. The number of aromatic nitrogens is 2. The number of likely N-dealkylation sites (tertiary alicyclic amines) is 1. The number of hydrogen-bond acceptors (Lipinski definition) is 8. The van der Waals surface area contributed by atoms with Crippen LogP contribution in [-0.4, -0.2) is 70.7 Å². The molecule has 1 aromatic carbocycles. The Bertz CT molecular complexity index is 772. The van der Waals surface area contributed by atoms with Crippen LogP contribution in [0.1, 0.15) is 17.0 Å². The fraction of sp³-hybridized carbons (Fsp3) is 0.526. The van der Waals surface area contributed by atoms with Crippen LogP contribution in [0.4, 0.5) is 5.13 Å². The van der Waals surface area contributed by atoms with Gasteiger partial charge in [-0.2, -0.15) is 0 Å². The van der Waals surface area contributed by atoms with Gasteiger partial charge in [-0.25, -0.2) is 0 Å². The van der Waals surface area contributed by atoms with Crippen molar-refractivity contribution in [2.24, 2.45) is 5.41 Å². The molecule has 2 heterocycles. The second kappa shape index (κ2) is 9.53. The summed E-state index contributed by atoms with van der Waals surface area (Å²) in [4.78, 5) is 14.4. The van der Waals surface area contributed by atoms with Crippen molar-refractivity contribution in [3.63, 3.8) is 0 Å². The number of carbonyl (C=O) groups excluding carboxylic acids is 1. The first kappa shape index (κ1) is 20.8. The molecule has 1 aliphatic heterocycles. The van der Waals surface area contributed by atoms with Crippen LogP contribution in [0.25, 0.3) is 0 Å². The Labute approximate surface area is 168 Å². The van der Waals surface area contributed by atoms with Crippen LogP contribution in [0, 0.1) is 5.41 Å². The van der Waals surface area contributed by atoms with Gasteiger partial charge in [0.2, 0.25) is 11.0 Å². The lowest BCUT2D eigenvalue weighted by Gasteiger charge is -2.45. The molecule has 9 heteroatoms. The third-order valence-corrected chi connectivity index (χ3v) is 5.84. The Morgan fingerprint density at radius 2 is 2.18 bits per heavy atom. The standard InChI is InChI=1S/C19H26N4O4S/c1-27-11-17-21-22-18(28-17)20-16(26)10-23-8-7-15(25)19(12-23,13-24)9-14-5-3-2-4-6-14/h2-6,15,24-25H,7-13H2,1H3,(H,20,22,26)/t15?,19-/m1/s1. The lowest BCUT2D eigenvalue weighted by Crippen LogP contribution is -2.56. The first-order valence-electron chi connectivity index (χ1n) is 9.21. The molecule has 28 heavy (non-hydrogen) atoms. The van der Waals surface area contributed by atoms with Crippen LogP contribution in [-0.2, 0) is 22.6 Å². The van der Waals surface area contributed by atoms with E-state index in [0.717, 1.165) is 5.56 Å². The van der Waals surface area contributed by atoms with Gasteiger partial charge in [0.25, 0.3) is 0 Å². The molecule has 1 aromatic heterocycles. The lowest BCUT2D eigenvalue weighted by atomic mass is 9.73. The van der Waals surface area contributed by atoms with E-state index >= 15 is 0 Å². The van der Waals surface area contributed by atoms with Gasteiger partial charge in [-0.3, -0.25) is 15.0 Å². The first-order valence-corrected chi connectivity index (χ1v) is 10.0. The quantitative estimate of drug-likeness (QED) is 0.598. The average molecular weight is 407 g/mol. The second-order valence-corrected chi connectivity index (χ2v) is 8.24. The molecule has 1 amide bonds. The number of amides is 1. The maximum absolute atomic E-state index is 12.4. The highest BCUT2D eigenvalue weighted by Gasteiger charge is 2.42. The summed E-state index contributed by atoms with van der Waals surface area (Å²) in [7, 11) is 1.58. The zero-order chi connectivity index (χ0) is 20.0. The summed E-state index contributed by atoms with van der Waals surface area (Å²) >= 11 is 1.28. The molecule has 0 spiro atoms. The van der Waals surface area contributed by atoms with Gasteiger partial charge < -0.3 is 14.9 Å². The van der Waals surface area contributed by atoms with Crippen LogP contribution in [0.2, 0.25) is 0 Å². The predicted molar refractivity (Wildman–Crippen MR) is 106 cm³/mol. The third-order valence-electron chi connectivity index (χ3n) is 5.03. The van der Waals surface area contributed by atoms with Crippen molar-refractivity contribution in [2.75, 3.05) is 38.7 Å². The van der Waals surface area contributed by atoms with Gasteiger partial charge in [-0.15, -0.1) is 10.2 Å². The summed E-state index contributed by atoms with van der Waals surface area (Å²) in [6.45, 7) is 1.42. The molecule has 0 radical (unpaired) electrons. The molecule has 3 rings (SSSR count). The molecule has 2 atom stereocenters. The van der Waals surface area contributed by atoms with Crippen molar-refractivity contribution in [2.45, 2.75) is 25.6 Å². The molecule has 1 saturated heterocycles. The Balaban J connectivity index is 1.61. The number of hydrogen-bond donors (Lipinski definition) is 3. The minimum Gasteiger partial charge on any atom is -0.396 e. The number of ether oxygens (including phenoxy) is 1. The molecule has 2 aromatic rings. The summed E-state index contributed by atoms with van der Waals surface area (Å²) in [6, 6.07) is 9.81. The molecule has 0 saturated carbocycles. The van der Waals surface area contributed by atoms with Gasteiger partial charge in [0.15, 0.2) is 0 Å². The van der Waals surface area contributed by atoms with Crippen LogP contribution < -0.4 is 5.32 Å². The maximum Gasteiger partial charge on any atom is 0.240 e. The number of aliphatic hydroxyl groups is 2. The van der Waals surface area contributed by atoms with Crippen LogP contribution in [0.15, 0.2) is 30.3 Å². The summed E-state index contributed by atoms with van der Waals surface area (Å²) in [5, 5.41) is 32.5. The van der Waals surface area contributed by atoms with Crippen molar-refractivity contribution in [3.05, 3.63) is 40.9 Å². The SMILES string of the molecule is COCc1nnc(NC(=O)CN2CCC(O)[C@](CO)(Cc3ccccc3)C2)s1. The smallest absolute Gasteiger partial charge is 0.240 e. The van der Waals surface area contributed by atoms with Crippen molar-refractivity contribution in [3.8, 4) is 0 Å². The predicted octanol–water partition coefficient (Wildman–Crippen LogP) is 0.911. The lowest BCUT2D eigenvalue weighted by molar-refractivity contribution is -0.121. The van der Waals surface area contributed by atoms with E-state index in [-0.39, 0.29) is 19.1 Å². The zero-order valence-corrected chi connectivity index (χ0v) is 16.7. The van der Waals surface area contributed by atoms with Crippen molar-refractivity contribution in [1.29, 1.82) is 0 Å².